The Hall–Kier alpha value is 0.0738. The molecule has 0 bridgehead atoms. The fraction of sp³-hybridized carbons (Fsp3) is 1.00. The van der Waals surface area contributed by atoms with Gasteiger partial charge in [0, 0.05) is 59.8 Å². The Kier molecular flexibility index (Phi) is 21.9. The van der Waals surface area contributed by atoms with Crippen LogP contribution in [0.25, 0.3) is 0 Å². The van der Waals surface area contributed by atoms with Crippen LogP contribution in [0.2, 0.25) is 12.1 Å². The zero-order valence-corrected chi connectivity index (χ0v) is 22.9. The van der Waals surface area contributed by atoms with E-state index in [9.17, 15) is 0 Å². The second-order valence-corrected chi connectivity index (χ2v) is 11.7. The van der Waals surface area contributed by atoms with Gasteiger partial charge in [-0.25, -0.2) is 0 Å². The lowest BCUT2D eigenvalue weighted by atomic mass is 10.5. The van der Waals surface area contributed by atoms with Gasteiger partial charge in [0.05, 0.1) is 22.7 Å². The van der Waals surface area contributed by atoms with Gasteiger partial charge in [-0.2, -0.15) is 0 Å². The van der Waals surface area contributed by atoms with Crippen molar-refractivity contribution in [2.75, 3.05) is 73.5 Å². The highest BCUT2D eigenvalue weighted by Gasteiger charge is 2.39. The molecule has 11 heteroatoms. The summed E-state index contributed by atoms with van der Waals surface area (Å²) in [6, 6.07) is 2.07. The summed E-state index contributed by atoms with van der Waals surface area (Å²) in [5.74, 6) is 0.0921. The van der Waals surface area contributed by atoms with Gasteiger partial charge in [0.25, 0.3) is 0 Å². The molecule has 1 heterocycles. The number of nitrogens with two attached hydrogens (primary N) is 1. The third kappa shape index (κ3) is 18.2. The smallest absolute Gasteiger partial charge is 0.379 e. The zero-order chi connectivity index (χ0) is 23.2. The van der Waals surface area contributed by atoms with E-state index in [0.717, 1.165) is 38.7 Å². The number of ether oxygens (including phenoxy) is 4. The molecule has 1 atom stereocenters. The third-order valence-corrected chi connectivity index (χ3v) is 9.66. The van der Waals surface area contributed by atoms with Crippen LogP contribution in [0.1, 0.15) is 33.6 Å². The molecule has 31 heavy (non-hydrogen) atoms. The Labute approximate surface area is 193 Å². The van der Waals surface area contributed by atoms with Crippen LogP contribution in [0.15, 0.2) is 0 Å². The van der Waals surface area contributed by atoms with Crippen LogP contribution in [-0.4, -0.2) is 104 Å². The van der Waals surface area contributed by atoms with Crippen LogP contribution in [0.4, 0.5) is 0 Å². The van der Waals surface area contributed by atoms with Crippen LogP contribution < -0.4 is 11.1 Å². The largest absolute Gasteiger partial charge is 0.501 e. The molecule has 1 unspecified atom stereocenters. The van der Waals surface area contributed by atoms with Crippen molar-refractivity contribution in [2.24, 2.45) is 5.73 Å². The predicted molar refractivity (Wildman–Crippen MR) is 128 cm³/mol. The molecule has 9 nitrogen and oxygen atoms in total. The second-order valence-electron chi connectivity index (χ2n) is 7.05. The zero-order valence-electron chi connectivity index (χ0n) is 20.5. The molecule has 188 valence electrons. The summed E-state index contributed by atoms with van der Waals surface area (Å²) in [7, 11) is 0.711. The molecule has 1 aliphatic rings. The fourth-order valence-corrected chi connectivity index (χ4v) is 6.81. The van der Waals surface area contributed by atoms with E-state index in [0.29, 0.717) is 39.1 Å². The summed E-state index contributed by atoms with van der Waals surface area (Å²) in [6.45, 7) is 12.8. The minimum Gasteiger partial charge on any atom is -0.379 e. The van der Waals surface area contributed by atoms with E-state index in [4.69, 9.17) is 38.0 Å². The monoisotopic (exact) mass is 484 g/mol. The van der Waals surface area contributed by atoms with Gasteiger partial charge in [-0.15, -0.1) is 0 Å². The normalized spacial score (nSPS) is 16.2. The summed E-state index contributed by atoms with van der Waals surface area (Å²) < 4.78 is 38.1. The van der Waals surface area contributed by atoms with Gasteiger partial charge >= 0.3 is 8.80 Å². The van der Waals surface area contributed by atoms with Gasteiger partial charge in [-0.3, -0.25) is 0 Å². The van der Waals surface area contributed by atoms with Crippen molar-refractivity contribution in [1.29, 1.82) is 0 Å². The molecule has 0 radical (unpaired) electrons. The van der Waals surface area contributed by atoms with Gasteiger partial charge in [-0.05, 0) is 40.2 Å². The van der Waals surface area contributed by atoms with E-state index in [-0.39, 0.29) is 15.4 Å². The standard InChI is InChI=1S/C12H26O5Si.C8H22N2O2Si/c1-4-15-18(16-5-2,17-6-3)9-7-8-13-10-12-11-14-12;1-11-8(12-2)13-7-3-5-10-6-4-9/h12H,4-11H2,1-3H3;8,10H,3-7,9,13H2,1-2H3. The van der Waals surface area contributed by atoms with Gasteiger partial charge in [0.2, 0.25) is 0 Å². The van der Waals surface area contributed by atoms with E-state index < -0.39 is 8.80 Å². The van der Waals surface area contributed by atoms with Crippen molar-refractivity contribution in [3.8, 4) is 0 Å². The molecule has 0 amide bonds. The highest BCUT2D eigenvalue weighted by atomic mass is 28.4. The Balaban J connectivity index is 0.000000615. The number of nitrogens with one attached hydrogen (secondary N) is 1. The highest BCUT2D eigenvalue weighted by Crippen LogP contribution is 2.18. The first-order valence-corrected chi connectivity index (χ1v) is 15.4. The molecule has 0 saturated carbocycles. The van der Waals surface area contributed by atoms with Crippen LogP contribution in [0.3, 0.4) is 0 Å². The van der Waals surface area contributed by atoms with E-state index in [1.54, 1.807) is 14.2 Å². The van der Waals surface area contributed by atoms with Crippen LogP contribution >= 0.6 is 0 Å². The quantitative estimate of drug-likeness (QED) is 0.106. The molecule has 0 aromatic carbocycles. The maximum atomic E-state index is 5.76. The van der Waals surface area contributed by atoms with E-state index >= 15 is 0 Å². The van der Waals surface area contributed by atoms with Gasteiger partial charge in [-0.1, -0.05) is 6.04 Å². The highest BCUT2D eigenvalue weighted by molar-refractivity contribution is 6.60. The number of hydrogen-bond donors (Lipinski definition) is 2. The molecule has 1 aliphatic heterocycles. The number of rotatable bonds is 21. The Morgan fingerprint density at radius 1 is 1.03 bits per heavy atom. The molecular weight excluding hydrogens is 436 g/mol. The number of epoxide rings is 1. The molecule has 1 fully saturated rings. The number of methoxy groups -OCH3 is 2. The van der Waals surface area contributed by atoms with E-state index in [1.807, 2.05) is 20.8 Å². The van der Waals surface area contributed by atoms with Gasteiger partial charge in [0.1, 0.15) is 12.0 Å². The Morgan fingerprint density at radius 2 is 1.65 bits per heavy atom. The number of hydrogen-bond acceptors (Lipinski definition) is 9. The Morgan fingerprint density at radius 3 is 2.13 bits per heavy atom. The van der Waals surface area contributed by atoms with Gasteiger partial charge in [0.15, 0.2) is 0 Å². The molecule has 1 rings (SSSR count). The van der Waals surface area contributed by atoms with Crippen LogP contribution in [-0.2, 0) is 32.2 Å². The average Bonchev–Trinajstić information content (AvgIpc) is 3.59. The summed E-state index contributed by atoms with van der Waals surface area (Å²) in [4.78, 5) is 0. The molecule has 3 N–H and O–H groups in total. The minimum absolute atomic E-state index is 0.0921. The van der Waals surface area contributed by atoms with Crippen LogP contribution in [0.5, 0.6) is 0 Å². The molecule has 0 aliphatic carbocycles. The average molecular weight is 485 g/mol. The summed E-state index contributed by atoms with van der Waals surface area (Å²) >= 11 is 0. The maximum absolute atomic E-state index is 5.76. The third-order valence-electron chi connectivity index (χ3n) is 4.46. The lowest BCUT2D eigenvalue weighted by Gasteiger charge is -2.28. The van der Waals surface area contributed by atoms with Crippen molar-refractivity contribution >= 4 is 18.3 Å². The maximum Gasteiger partial charge on any atom is 0.501 e. The molecule has 0 aromatic heterocycles. The lowest BCUT2D eigenvalue weighted by molar-refractivity contribution is -0.0441. The van der Waals surface area contributed by atoms with E-state index in [2.05, 4.69) is 5.32 Å². The molecule has 1 saturated heterocycles. The lowest BCUT2D eigenvalue weighted by Crippen LogP contribution is -2.46. The van der Waals surface area contributed by atoms with Crippen molar-refractivity contribution < 1.29 is 32.2 Å². The summed E-state index contributed by atoms with van der Waals surface area (Å²) in [5.41, 5.74) is 5.34. The van der Waals surface area contributed by atoms with Gasteiger partial charge < -0.3 is 43.3 Å². The fourth-order valence-electron chi connectivity index (χ4n) is 2.89. The topological polar surface area (TPSA) is 106 Å². The first kappa shape index (κ1) is 31.1. The predicted octanol–water partition coefficient (Wildman–Crippen LogP) is 0.929. The van der Waals surface area contributed by atoms with E-state index in [1.165, 1.54) is 12.5 Å². The SMILES string of the molecule is CCO[Si](CCCOCC1CO1)(OCC)OCC.COC(OC)[SiH2]CCCNCCN. The molecule has 0 spiro atoms. The van der Waals surface area contributed by atoms with Crippen molar-refractivity contribution in [2.45, 2.75) is 57.7 Å². The van der Waals surface area contributed by atoms with Crippen molar-refractivity contribution in [1.82, 2.24) is 5.32 Å². The second kappa shape index (κ2) is 21.9. The molecule has 0 aromatic rings. The molecular formula is C20H48N2O7Si2. The first-order valence-electron chi connectivity index (χ1n) is 11.7. The first-order chi connectivity index (χ1) is 15.1. The van der Waals surface area contributed by atoms with Crippen molar-refractivity contribution in [3.63, 3.8) is 0 Å². The summed E-state index contributed by atoms with van der Waals surface area (Å²) in [6.07, 6.45) is 2.44. The minimum atomic E-state index is -2.47. The Bertz CT molecular complexity index is 362. The van der Waals surface area contributed by atoms with Crippen molar-refractivity contribution in [3.05, 3.63) is 0 Å². The van der Waals surface area contributed by atoms with Crippen LogP contribution in [0, 0.1) is 0 Å². The summed E-state index contributed by atoms with van der Waals surface area (Å²) in [5, 5.41) is 3.26.